The van der Waals surface area contributed by atoms with Crippen molar-refractivity contribution in [3.8, 4) is 0 Å². The van der Waals surface area contributed by atoms with Gasteiger partial charge in [-0.05, 0) is 51.3 Å². The number of ketones is 1. The molecule has 1 N–H and O–H groups in total. The maximum absolute atomic E-state index is 12.6. The average Bonchev–Trinajstić information content (AvgIpc) is 3.20. The van der Waals surface area contributed by atoms with E-state index in [0.29, 0.717) is 12.6 Å². The van der Waals surface area contributed by atoms with Crippen molar-refractivity contribution in [1.82, 2.24) is 9.88 Å². The highest BCUT2D eigenvalue weighted by Crippen LogP contribution is 2.33. The minimum absolute atomic E-state index is 0.209. The molecule has 128 valence electrons. The Morgan fingerprint density at radius 2 is 1.88 bits per heavy atom. The summed E-state index contributed by atoms with van der Waals surface area (Å²) < 4.78 is 2.39. The van der Waals surface area contributed by atoms with Gasteiger partial charge in [0.15, 0.2) is 5.78 Å². The summed E-state index contributed by atoms with van der Waals surface area (Å²) in [4.78, 5) is 12.6. The van der Waals surface area contributed by atoms with Crippen molar-refractivity contribution in [2.45, 2.75) is 52.0 Å². The Labute approximate surface area is 145 Å². The fourth-order valence-corrected chi connectivity index (χ4v) is 3.96. The van der Waals surface area contributed by atoms with Gasteiger partial charge >= 0.3 is 0 Å². The molecule has 3 rings (SSSR count). The van der Waals surface area contributed by atoms with Crippen molar-refractivity contribution in [2.75, 3.05) is 13.1 Å². The predicted octanol–water partition coefficient (Wildman–Crippen LogP) is 4.24. The highest BCUT2D eigenvalue weighted by atomic mass is 16.1. The molecule has 0 amide bonds. The van der Waals surface area contributed by atoms with Crippen molar-refractivity contribution >= 4 is 5.78 Å². The van der Waals surface area contributed by atoms with E-state index in [1.807, 2.05) is 6.07 Å². The maximum Gasteiger partial charge on any atom is 0.178 e. The number of Topliss-reactive ketones (excluding diaryl/α,β-unsaturated/α-hetero) is 1. The zero-order chi connectivity index (χ0) is 16.9. The van der Waals surface area contributed by atoms with E-state index in [1.54, 1.807) is 0 Å². The van der Waals surface area contributed by atoms with Crippen LogP contribution in [0.5, 0.6) is 0 Å². The number of benzene rings is 1. The van der Waals surface area contributed by atoms with E-state index in [-0.39, 0.29) is 5.78 Å². The number of aryl methyl sites for hydroxylation is 1. The van der Waals surface area contributed by atoms with Gasteiger partial charge in [-0.25, -0.2) is 0 Å². The Bertz CT molecular complexity index is 681. The van der Waals surface area contributed by atoms with Gasteiger partial charge in [0.1, 0.15) is 0 Å². The first kappa shape index (κ1) is 17.0. The number of nitrogens with one attached hydrogen (secondary N) is 1. The van der Waals surface area contributed by atoms with E-state index in [1.165, 1.54) is 36.9 Å². The second-order valence-corrected chi connectivity index (χ2v) is 6.93. The lowest BCUT2D eigenvalue weighted by Gasteiger charge is -2.17. The van der Waals surface area contributed by atoms with Crippen LogP contribution in [0.2, 0.25) is 0 Å². The Balaban J connectivity index is 1.56. The van der Waals surface area contributed by atoms with Crippen LogP contribution in [0.3, 0.4) is 0 Å². The molecule has 0 unspecified atom stereocenters. The number of rotatable bonds is 7. The molecule has 0 aliphatic heterocycles. The molecule has 3 heteroatoms. The monoisotopic (exact) mass is 324 g/mol. The van der Waals surface area contributed by atoms with Crippen molar-refractivity contribution in [3.63, 3.8) is 0 Å². The number of hydrogen-bond acceptors (Lipinski definition) is 2. The Hall–Kier alpha value is -1.87. The summed E-state index contributed by atoms with van der Waals surface area (Å²) in [6.45, 7) is 5.48. The zero-order valence-corrected chi connectivity index (χ0v) is 14.8. The number of hydrogen-bond donors (Lipinski definition) is 1. The maximum atomic E-state index is 12.6. The van der Waals surface area contributed by atoms with Gasteiger partial charge in [0, 0.05) is 23.0 Å². The van der Waals surface area contributed by atoms with Crippen LogP contribution >= 0.6 is 0 Å². The van der Waals surface area contributed by atoms with Gasteiger partial charge in [-0.15, -0.1) is 0 Å². The molecule has 0 bridgehead atoms. The van der Waals surface area contributed by atoms with Crippen molar-refractivity contribution in [1.29, 1.82) is 0 Å². The van der Waals surface area contributed by atoms with E-state index >= 15 is 0 Å². The highest BCUT2D eigenvalue weighted by molar-refractivity contribution is 5.99. The molecule has 1 aliphatic rings. The minimum Gasteiger partial charge on any atom is -0.345 e. The van der Waals surface area contributed by atoms with Gasteiger partial charge in [-0.3, -0.25) is 4.79 Å². The van der Waals surface area contributed by atoms with Gasteiger partial charge in [-0.2, -0.15) is 0 Å². The van der Waals surface area contributed by atoms with Crippen LogP contribution in [-0.2, 0) is 6.42 Å². The standard InChI is InChI=1S/C21H28N2O/c1-16-14-20(17(2)23(16)19-10-6-7-11-19)21(24)15-22-13-12-18-8-4-3-5-9-18/h3-5,8-9,14,19,22H,6-7,10-13,15H2,1-2H3. The summed E-state index contributed by atoms with van der Waals surface area (Å²) in [7, 11) is 0. The largest absolute Gasteiger partial charge is 0.345 e. The lowest BCUT2D eigenvalue weighted by molar-refractivity contribution is 0.0990. The SMILES string of the molecule is Cc1cc(C(=O)CNCCc2ccccc2)c(C)n1C1CCCC1. The molecule has 24 heavy (non-hydrogen) atoms. The number of carbonyl (C=O) groups is 1. The van der Waals surface area contributed by atoms with Gasteiger partial charge < -0.3 is 9.88 Å². The van der Waals surface area contributed by atoms with Crippen LogP contribution in [0.4, 0.5) is 0 Å². The molecular weight excluding hydrogens is 296 g/mol. The van der Waals surface area contributed by atoms with E-state index in [4.69, 9.17) is 0 Å². The van der Waals surface area contributed by atoms with Crippen molar-refractivity contribution in [3.05, 3.63) is 58.9 Å². The fraction of sp³-hybridized carbons (Fsp3) is 0.476. The van der Waals surface area contributed by atoms with E-state index in [9.17, 15) is 4.79 Å². The third-order valence-corrected chi connectivity index (χ3v) is 5.19. The third-order valence-electron chi connectivity index (χ3n) is 5.19. The lowest BCUT2D eigenvalue weighted by Crippen LogP contribution is -2.25. The molecule has 2 aromatic rings. The third kappa shape index (κ3) is 3.78. The second-order valence-electron chi connectivity index (χ2n) is 6.93. The van der Waals surface area contributed by atoms with Crippen LogP contribution in [0.25, 0.3) is 0 Å². The van der Waals surface area contributed by atoms with E-state index in [2.05, 4.69) is 54.1 Å². The van der Waals surface area contributed by atoms with Gasteiger partial charge in [0.2, 0.25) is 0 Å². The van der Waals surface area contributed by atoms with Gasteiger partial charge in [0.05, 0.1) is 6.54 Å². The molecule has 1 aliphatic carbocycles. The summed E-state index contributed by atoms with van der Waals surface area (Å²) in [6, 6.07) is 13.1. The second kappa shape index (κ2) is 7.80. The topological polar surface area (TPSA) is 34.0 Å². The number of carbonyl (C=O) groups excluding carboxylic acids is 1. The Morgan fingerprint density at radius 3 is 2.58 bits per heavy atom. The normalized spacial score (nSPS) is 15.1. The van der Waals surface area contributed by atoms with Crippen molar-refractivity contribution in [2.24, 2.45) is 0 Å². The quantitative estimate of drug-likeness (QED) is 0.611. The smallest absolute Gasteiger partial charge is 0.178 e. The molecule has 1 heterocycles. The van der Waals surface area contributed by atoms with Crippen LogP contribution in [-0.4, -0.2) is 23.4 Å². The molecular formula is C21H28N2O. The first-order valence-electron chi connectivity index (χ1n) is 9.13. The van der Waals surface area contributed by atoms with Gasteiger partial charge in [0.25, 0.3) is 0 Å². The molecule has 0 atom stereocenters. The van der Waals surface area contributed by atoms with Crippen LogP contribution < -0.4 is 5.32 Å². The molecule has 1 fully saturated rings. The first-order valence-corrected chi connectivity index (χ1v) is 9.13. The fourth-order valence-electron chi connectivity index (χ4n) is 3.96. The summed E-state index contributed by atoms with van der Waals surface area (Å²) in [6.07, 6.45) is 6.08. The molecule has 0 saturated heterocycles. The molecule has 0 spiro atoms. The summed E-state index contributed by atoms with van der Waals surface area (Å²) in [5.74, 6) is 0.209. The molecule has 0 radical (unpaired) electrons. The van der Waals surface area contributed by atoms with Crippen LogP contribution in [0.1, 0.15) is 59.0 Å². The Kier molecular flexibility index (Phi) is 5.52. The number of aromatic nitrogens is 1. The zero-order valence-electron chi connectivity index (χ0n) is 14.8. The molecule has 1 aromatic carbocycles. The average molecular weight is 324 g/mol. The minimum atomic E-state index is 0.209. The lowest BCUT2D eigenvalue weighted by atomic mass is 10.1. The molecule has 1 aromatic heterocycles. The van der Waals surface area contributed by atoms with Crippen LogP contribution in [0.15, 0.2) is 36.4 Å². The first-order chi connectivity index (χ1) is 11.7. The van der Waals surface area contributed by atoms with Crippen LogP contribution in [0, 0.1) is 13.8 Å². The number of nitrogens with zero attached hydrogens (tertiary/aromatic N) is 1. The molecule has 3 nitrogen and oxygen atoms in total. The van der Waals surface area contributed by atoms with E-state index < -0.39 is 0 Å². The Morgan fingerprint density at radius 1 is 1.17 bits per heavy atom. The highest BCUT2D eigenvalue weighted by Gasteiger charge is 2.23. The summed E-state index contributed by atoms with van der Waals surface area (Å²) in [5, 5.41) is 3.30. The predicted molar refractivity (Wildman–Crippen MR) is 98.8 cm³/mol. The summed E-state index contributed by atoms with van der Waals surface area (Å²) >= 11 is 0. The van der Waals surface area contributed by atoms with Gasteiger partial charge in [-0.1, -0.05) is 43.2 Å². The van der Waals surface area contributed by atoms with E-state index in [0.717, 1.165) is 24.2 Å². The van der Waals surface area contributed by atoms with Crippen molar-refractivity contribution < 1.29 is 4.79 Å². The summed E-state index contributed by atoms with van der Waals surface area (Å²) in [5.41, 5.74) is 4.57. The molecule has 1 saturated carbocycles.